The Bertz CT molecular complexity index is 1240. The number of carbonyl (C=O) groups excluding carboxylic acids is 2. The predicted molar refractivity (Wildman–Crippen MR) is 132 cm³/mol. The molecule has 0 aliphatic rings. The maximum Gasteiger partial charge on any atom is 0.247 e. The van der Waals surface area contributed by atoms with E-state index in [-0.39, 0.29) is 13.1 Å². The van der Waals surface area contributed by atoms with Crippen molar-refractivity contribution < 1.29 is 22.4 Å². The minimum absolute atomic E-state index is 0.00573. The topological polar surface area (TPSA) is 86.8 Å². The number of carbonyl (C=O) groups is 2. The summed E-state index contributed by atoms with van der Waals surface area (Å²) in [6.45, 7) is -0.476. The van der Waals surface area contributed by atoms with Gasteiger partial charge in [0.05, 0.1) is 12.8 Å². The summed E-state index contributed by atoms with van der Waals surface area (Å²) >= 11 is 0. The lowest BCUT2D eigenvalue weighted by Crippen LogP contribution is -2.47. The fourth-order valence-corrected chi connectivity index (χ4v) is 4.40. The zero-order chi connectivity index (χ0) is 25.4. The van der Waals surface area contributed by atoms with Crippen LogP contribution in [-0.4, -0.2) is 49.3 Å². The third-order valence-electron chi connectivity index (χ3n) is 5.49. The molecule has 35 heavy (non-hydrogen) atoms. The van der Waals surface area contributed by atoms with E-state index in [2.05, 4.69) is 5.32 Å². The lowest BCUT2D eigenvalue weighted by molar-refractivity contribution is -0.141. The minimum atomic E-state index is -3.75. The van der Waals surface area contributed by atoms with Crippen LogP contribution in [0.5, 0.6) is 0 Å². The molecule has 0 aromatic heterocycles. The SMILES string of the molecule is CNC(=O)C(c1ccccc1)N(Cc1ccc(F)cc1)C(=O)CN(Cc1ccccc1)S(C)(=O)=O. The smallest absolute Gasteiger partial charge is 0.247 e. The van der Waals surface area contributed by atoms with Gasteiger partial charge in [0.25, 0.3) is 0 Å². The second kappa shape index (κ2) is 11.7. The van der Waals surface area contributed by atoms with Crippen molar-refractivity contribution in [3.8, 4) is 0 Å². The van der Waals surface area contributed by atoms with Crippen LogP contribution >= 0.6 is 0 Å². The van der Waals surface area contributed by atoms with Gasteiger partial charge in [-0.1, -0.05) is 72.8 Å². The average Bonchev–Trinajstić information content (AvgIpc) is 2.85. The highest BCUT2D eigenvalue weighted by Gasteiger charge is 2.33. The molecule has 7 nitrogen and oxygen atoms in total. The number of benzene rings is 3. The van der Waals surface area contributed by atoms with E-state index >= 15 is 0 Å². The summed E-state index contributed by atoms with van der Waals surface area (Å²) in [6, 6.07) is 22.3. The van der Waals surface area contributed by atoms with Crippen molar-refractivity contribution in [1.29, 1.82) is 0 Å². The first-order valence-electron chi connectivity index (χ1n) is 11.0. The van der Waals surface area contributed by atoms with Crippen LogP contribution in [0.25, 0.3) is 0 Å². The van der Waals surface area contributed by atoms with E-state index < -0.39 is 40.2 Å². The molecule has 184 valence electrons. The summed E-state index contributed by atoms with van der Waals surface area (Å²) < 4.78 is 39.7. The van der Waals surface area contributed by atoms with Crippen LogP contribution in [0.3, 0.4) is 0 Å². The second-order valence-corrected chi connectivity index (χ2v) is 10.1. The molecule has 3 aromatic rings. The highest BCUT2D eigenvalue weighted by Crippen LogP contribution is 2.25. The maximum absolute atomic E-state index is 13.7. The standard InChI is InChI=1S/C26H28FN3O4S/c1-28-26(32)25(22-11-7-4-8-12-22)30(18-21-13-15-23(27)16-14-21)24(31)19-29(35(2,33)34)17-20-9-5-3-6-10-20/h3-16,25H,17-19H2,1-2H3,(H,28,32). The molecule has 0 saturated carbocycles. The van der Waals surface area contributed by atoms with Crippen LogP contribution in [0.15, 0.2) is 84.9 Å². The van der Waals surface area contributed by atoms with Crippen molar-refractivity contribution in [3.05, 3.63) is 107 Å². The molecule has 0 saturated heterocycles. The van der Waals surface area contributed by atoms with Crippen LogP contribution in [-0.2, 0) is 32.7 Å². The van der Waals surface area contributed by atoms with Crippen molar-refractivity contribution in [2.45, 2.75) is 19.1 Å². The molecule has 3 rings (SSSR count). The van der Waals surface area contributed by atoms with Gasteiger partial charge >= 0.3 is 0 Å². The third kappa shape index (κ3) is 7.21. The summed E-state index contributed by atoms with van der Waals surface area (Å²) in [6.07, 6.45) is 1.04. The molecule has 9 heteroatoms. The van der Waals surface area contributed by atoms with Gasteiger partial charge in [0.2, 0.25) is 21.8 Å². The summed E-state index contributed by atoms with van der Waals surface area (Å²) in [5, 5.41) is 2.59. The molecule has 0 radical (unpaired) electrons. The molecule has 0 fully saturated rings. The molecule has 0 spiro atoms. The Morgan fingerprint density at radius 1 is 0.857 bits per heavy atom. The molecular formula is C26H28FN3O4S. The summed E-state index contributed by atoms with van der Waals surface area (Å²) in [7, 11) is -2.28. The molecule has 1 N–H and O–H groups in total. The fraction of sp³-hybridized carbons (Fsp3) is 0.231. The number of amides is 2. The number of hydrogen-bond donors (Lipinski definition) is 1. The van der Waals surface area contributed by atoms with Crippen LogP contribution in [0, 0.1) is 5.82 Å². The van der Waals surface area contributed by atoms with Gasteiger partial charge in [-0.15, -0.1) is 0 Å². The van der Waals surface area contributed by atoms with Crippen molar-refractivity contribution in [3.63, 3.8) is 0 Å². The van der Waals surface area contributed by atoms with Gasteiger partial charge in [-0.3, -0.25) is 9.59 Å². The summed E-state index contributed by atoms with van der Waals surface area (Å²) in [5.41, 5.74) is 1.89. The van der Waals surface area contributed by atoms with Crippen LogP contribution < -0.4 is 5.32 Å². The molecule has 0 heterocycles. The summed E-state index contributed by atoms with van der Waals surface area (Å²) in [5.74, 6) is -1.42. The average molecular weight is 498 g/mol. The first-order chi connectivity index (χ1) is 16.7. The van der Waals surface area contributed by atoms with Crippen LogP contribution in [0.1, 0.15) is 22.7 Å². The molecule has 0 bridgehead atoms. The van der Waals surface area contributed by atoms with E-state index in [0.29, 0.717) is 11.1 Å². The summed E-state index contributed by atoms with van der Waals surface area (Å²) in [4.78, 5) is 28.0. The van der Waals surface area contributed by atoms with Crippen LogP contribution in [0.4, 0.5) is 4.39 Å². The van der Waals surface area contributed by atoms with Gasteiger partial charge in [-0.05, 0) is 28.8 Å². The van der Waals surface area contributed by atoms with Gasteiger partial charge in [0, 0.05) is 20.1 Å². The number of likely N-dealkylation sites (N-methyl/N-ethyl adjacent to an activating group) is 1. The molecule has 0 aliphatic carbocycles. The van der Waals surface area contributed by atoms with Gasteiger partial charge in [-0.25, -0.2) is 12.8 Å². The molecule has 1 atom stereocenters. The van der Waals surface area contributed by atoms with Gasteiger partial charge in [0.15, 0.2) is 0 Å². The molecule has 1 unspecified atom stereocenters. The number of nitrogens with one attached hydrogen (secondary N) is 1. The van der Waals surface area contributed by atoms with E-state index in [9.17, 15) is 22.4 Å². The Morgan fingerprint density at radius 3 is 1.94 bits per heavy atom. The van der Waals surface area contributed by atoms with Gasteiger partial charge in [-0.2, -0.15) is 4.31 Å². The Labute approximate surface area is 205 Å². The Hall–Kier alpha value is -3.56. The van der Waals surface area contributed by atoms with E-state index in [4.69, 9.17) is 0 Å². The molecule has 2 amide bonds. The predicted octanol–water partition coefficient (Wildman–Crippen LogP) is 3.10. The number of hydrogen-bond acceptors (Lipinski definition) is 4. The van der Waals surface area contributed by atoms with Crippen molar-refractivity contribution in [1.82, 2.24) is 14.5 Å². The number of halogens is 1. The van der Waals surface area contributed by atoms with E-state index in [0.717, 1.165) is 16.1 Å². The molecule has 0 aliphatic heterocycles. The lowest BCUT2D eigenvalue weighted by Gasteiger charge is -2.33. The Morgan fingerprint density at radius 2 is 1.40 bits per heavy atom. The van der Waals surface area contributed by atoms with Crippen molar-refractivity contribution in [2.24, 2.45) is 0 Å². The van der Waals surface area contributed by atoms with Gasteiger partial charge in [0.1, 0.15) is 11.9 Å². The van der Waals surface area contributed by atoms with E-state index in [1.165, 1.54) is 36.2 Å². The highest BCUT2D eigenvalue weighted by atomic mass is 32.2. The first-order valence-corrected chi connectivity index (χ1v) is 12.8. The first kappa shape index (κ1) is 26.1. The Balaban J connectivity index is 1.99. The molecular weight excluding hydrogens is 469 g/mol. The van der Waals surface area contributed by atoms with Crippen molar-refractivity contribution in [2.75, 3.05) is 19.8 Å². The van der Waals surface area contributed by atoms with Crippen LogP contribution in [0.2, 0.25) is 0 Å². The zero-order valence-corrected chi connectivity index (χ0v) is 20.4. The van der Waals surface area contributed by atoms with E-state index in [1.54, 1.807) is 54.6 Å². The quantitative estimate of drug-likeness (QED) is 0.466. The fourth-order valence-electron chi connectivity index (χ4n) is 3.67. The number of nitrogens with zero attached hydrogens (tertiary/aromatic N) is 2. The normalized spacial score (nSPS) is 12.2. The molecule has 3 aromatic carbocycles. The van der Waals surface area contributed by atoms with E-state index in [1.807, 2.05) is 6.07 Å². The number of rotatable bonds is 10. The third-order valence-corrected chi connectivity index (χ3v) is 6.69. The zero-order valence-electron chi connectivity index (χ0n) is 19.6. The monoisotopic (exact) mass is 497 g/mol. The Kier molecular flexibility index (Phi) is 8.73. The minimum Gasteiger partial charge on any atom is -0.357 e. The number of sulfonamides is 1. The lowest BCUT2D eigenvalue weighted by atomic mass is 10.0. The highest BCUT2D eigenvalue weighted by molar-refractivity contribution is 7.88. The largest absolute Gasteiger partial charge is 0.357 e. The van der Waals surface area contributed by atoms with Crippen molar-refractivity contribution >= 4 is 21.8 Å². The maximum atomic E-state index is 13.7. The second-order valence-electron chi connectivity index (χ2n) is 8.09. The van der Waals surface area contributed by atoms with Gasteiger partial charge < -0.3 is 10.2 Å².